The van der Waals surface area contributed by atoms with Crippen molar-refractivity contribution in [3.05, 3.63) is 0 Å². The van der Waals surface area contributed by atoms with Crippen molar-refractivity contribution < 1.29 is 4.74 Å². The van der Waals surface area contributed by atoms with E-state index < -0.39 is 0 Å². The fourth-order valence-electron chi connectivity index (χ4n) is 0.917. The molecule has 2 nitrogen and oxygen atoms in total. The van der Waals surface area contributed by atoms with E-state index in [0.29, 0.717) is 0 Å². The zero-order chi connectivity index (χ0) is 5.82. The molecule has 0 aliphatic carbocycles. The van der Waals surface area contributed by atoms with E-state index in [1.807, 2.05) is 0 Å². The SMILES string of the molecule is C.CCN1CCOCC1. The number of ether oxygens (including phenoxy) is 1. The van der Waals surface area contributed by atoms with Gasteiger partial charge >= 0.3 is 0 Å². The smallest absolute Gasteiger partial charge is 0.0594 e. The van der Waals surface area contributed by atoms with Crippen molar-refractivity contribution in [2.45, 2.75) is 14.4 Å². The molecule has 1 saturated heterocycles. The molecule has 0 bridgehead atoms. The molecule has 1 heterocycles. The van der Waals surface area contributed by atoms with E-state index >= 15 is 0 Å². The van der Waals surface area contributed by atoms with E-state index in [2.05, 4.69) is 11.8 Å². The Labute approximate surface area is 57.8 Å². The van der Waals surface area contributed by atoms with Gasteiger partial charge in [0, 0.05) is 13.1 Å². The van der Waals surface area contributed by atoms with E-state index in [-0.39, 0.29) is 7.43 Å². The zero-order valence-electron chi connectivity index (χ0n) is 5.39. The minimum Gasteiger partial charge on any atom is -0.379 e. The van der Waals surface area contributed by atoms with Crippen molar-refractivity contribution in [2.75, 3.05) is 32.8 Å². The first kappa shape index (κ1) is 8.92. The van der Waals surface area contributed by atoms with E-state index in [1.165, 1.54) is 6.54 Å². The topological polar surface area (TPSA) is 12.5 Å². The lowest BCUT2D eigenvalue weighted by molar-refractivity contribution is 0.0405. The predicted molar refractivity (Wildman–Crippen MR) is 39.7 cm³/mol. The maximum absolute atomic E-state index is 5.16. The molecule has 0 aromatic carbocycles. The van der Waals surface area contributed by atoms with Gasteiger partial charge in [-0.2, -0.15) is 0 Å². The number of morpholine rings is 1. The highest BCUT2D eigenvalue weighted by atomic mass is 16.5. The summed E-state index contributed by atoms with van der Waals surface area (Å²) >= 11 is 0. The Hall–Kier alpha value is -0.0800. The lowest BCUT2D eigenvalue weighted by Gasteiger charge is -2.24. The zero-order valence-corrected chi connectivity index (χ0v) is 5.39. The third-order valence-electron chi connectivity index (χ3n) is 1.55. The Morgan fingerprint density at radius 3 is 2.22 bits per heavy atom. The first-order valence-electron chi connectivity index (χ1n) is 3.23. The summed E-state index contributed by atoms with van der Waals surface area (Å²) in [7, 11) is 0. The molecular weight excluding hydrogens is 114 g/mol. The molecular formula is C7H17NO. The molecule has 1 aliphatic rings. The van der Waals surface area contributed by atoms with Crippen LogP contribution >= 0.6 is 0 Å². The van der Waals surface area contributed by atoms with Gasteiger partial charge in [0.15, 0.2) is 0 Å². The number of likely N-dealkylation sites (N-methyl/N-ethyl adjacent to an activating group) is 1. The van der Waals surface area contributed by atoms with Gasteiger partial charge in [-0.3, -0.25) is 4.90 Å². The van der Waals surface area contributed by atoms with Gasteiger partial charge in [-0.05, 0) is 6.54 Å². The quantitative estimate of drug-likeness (QED) is 0.526. The molecule has 0 saturated carbocycles. The molecule has 56 valence electrons. The number of hydrogen-bond donors (Lipinski definition) is 0. The molecule has 0 aromatic rings. The molecule has 9 heavy (non-hydrogen) atoms. The first-order valence-corrected chi connectivity index (χ1v) is 3.23. The highest BCUT2D eigenvalue weighted by Crippen LogP contribution is 1.93. The molecule has 0 amide bonds. The molecule has 1 rings (SSSR count). The highest BCUT2D eigenvalue weighted by Gasteiger charge is 2.05. The monoisotopic (exact) mass is 131 g/mol. The van der Waals surface area contributed by atoms with Crippen LogP contribution in [0.25, 0.3) is 0 Å². The predicted octanol–water partition coefficient (Wildman–Crippen LogP) is 0.975. The van der Waals surface area contributed by atoms with Crippen LogP contribution < -0.4 is 0 Å². The second-order valence-corrected chi connectivity index (χ2v) is 2.05. The Balaban J connectivity index is 0.000000640. The lowest BCUT2D eigenvalue weighted by atomic mass is 10.4. The summed E-state index contributed by atoms with van der Waals surface area (Å²) in [6.45, 7) is 7.45. The van der Waals surface area contributed by atoms with E-state index in [0.717, 1.165) is 26.3 Å². The van der Waals surface area contributed by atoms with E-state index in [4.69, 9.17) is 4.74 Å². The summed E-state index contributed by atoms with van der Waals surface area (Å²) in [5.74, 6) is 0. The minimum absolute atomic E-state index is 0. The van der Waals surface area contributed by atoms with Gasteiger partial charge in [0.1, 0.15) is 0 Å². The summed E-state index contributed by atoms with van der Waals surface area (Å²) in [4.78, 5) is 2.39. The Morgan fingerprint density at radius 1 is 1.33 bits per heavy atom. The first-order chi connectivity index (χ1) is 3.93. The van der Waals surface area contributed by atoms with Gasteiger partial charge < -0.3 is 4.74 Å². The number of hydrogen-bond acceptors (Lipinski definition) is 2. The second kappa shape index (κ2) is 4.77. The van der Waals surface area contributed by atoms with Crippen LogP contribution in [0, 0.1) is 0 Å². The maximum atomic E-state index is 5.16. The fraction of sp³-hybridized carbons (Fsp3) is 1.00. The maximum Gasteiger partial charge on any atom is 0.0594 e. The summed E-state index contributed by atoms with van der Waals surface area (Å²) in [6.07, 6.45) is 0. The van der Waals surface area contributed by atoms with Gasteiger partial charge in [0.25, 0.3) is 0 Å². The van der Waals surface area contributed by atoms with Crippen LogP contribution in [-0.2, 0) is 4.74 Å². The van der Waals surface area contributed by atoms with Crippen molar-refractivity contribution in [1.82, 2.24) is 4.90 Å². The van der Waals surface area contributed by atoms with Crippen LogP contribution in [0.3, 0.4) is 0 Å². The molecule has 0 unspecified atom stereocenters. The van der Waals surface area contributed by atoms with Gasteiger partial charge in [-0.1, -0.05) is 14.4 Å². The molecule has 1 fully saturated rings. The Morgan fingerprint density at radius 2 is 1.89 bits per heavy atom. The van der Waals surface area contributed by atoms with Gasteiger partial charge in [-0.15, -0.1) is 0 Å². The van der Waals surface area contributed by atoms with E-state index in [9.17, 15) is 0 Å². The van der Waals surface area contributed by atoms with Crippen LogP contribution in [0.1, 0.15) is 14.4 Å². The van der Waals surface area contributed by atoms with Crippen LogP contribution in [-0.4, -0.2) is 37.7 Å². The fourth-order valence-corrected chi connectivity index (χ4v) is 0.917. The number of nitrogens with zero attached hydrogens (tertiary/aromatic N) is 1. The number of rotatable bonds is 1. The van der Waals surface area contributed by atoms with Crippen molar-refractivity contribution in [1.29, 1.82) is 0 Å². The van der Waals surface area contributed by atoms with Crippen LogP contribution in [0.2, 0.25) is 0 Å². The average Bonchev–Trinajstić information content (AvgIpc) is 1.90. The molecule has 2 heteroatoms. The largest absolute Gasteiger partial charge is 0.379 e. The summed E-state index contributed by atoms with van der Waals surface area (Å²) in [5.41, 5.74) is 0. The Bertz CT molecular complexity index is 59.9. The van der Waals surface area contributed by atoms with Crippen molar-refractivity contribution in [3.63, 3.8) is 0 Å². The minimum atomic E-state index is 0. The molecule has 0 radical (unpaired) electrons. The lowest BCUT2D eigenvalue weighted by Crippen LogP contribution is -2.35. The molecule has 0 spiro atoms. The molecule has 1 aliphatic heterocycles. The normalized spacial score (nSPS) is 21.0. The molecule has 0 N–H and O–H groups in total. The van der Waals surface area contributed by atoms with Crippen LogP contribution in [0.5, 0.6) is 0 Å². The van der Waals surface area contributed by atoms with Crippen LogP contribution in [0.15, 0.2) is 0 Å². The second-order valence-electron chi connectivity index (χ2n) is 2.05. The summed E-state index contributed by atoms with van der Waals surface area (Å²) in [6, 6.07) is 0. The van der Waals surface area contributed by atoms with Crippen LogP contribution in [0.4, 0.5) is 0 Å². The van der Waals surface area contributed by atoms with Gasteiger partial charge in [0.2, 0.25) is 0 Å². The summed E-state index contributed by atoms with van der Waals surface area (Å²) in [5, 5.41) is 0. The van der Waals surface area contributed by atoms with Gasteiger partial charge in [0.05, 0.1) is 13.2 Å². The Kier molecular flexibility index (Phi) is 4.72. The highest BCUT2D eigenvalue weighted by molar-refractivity contribution is 4.57. The average molecular weight is 131 g/mol. The van der Waals surface area contributed by atoms with Gasteiger partial charge in [-0.25, -0.2) is 0 Å². The third kappa shape index (κ3) is 2.82. The standard InChI is InChI=1S/C6H13NO.CH4/c1-2-7-3-5-8-6-4-7;/h2-6H2,1H3;1H4. The third-order valence-corrected chi connectivity index (χ3v) is 1.55. The van der Waals surface area contributed by atoms with Crippen molar-refractivity contribution >= 4 is 0 Å². The van der Waals surface area contributed by atoms with Crippen molar-refractivity contribution in [3.8, 4) is 0 Å². The summed E-state index contributed by atoms with van der Waals surface area (Å²) < 4.78 is 5.16. The van der Waals surface area contributed by atoms with Crippen molar-refractivity contribution in [2.24, 2.45) is 0 Å². The van der Waals surface area contributed by atoms with E-state index in [1.54, 1.807) is 0 Å². The molecule has 0 aromatic heterocycles. The molecule has 0 atom stereocenters.